The molecule has 1 aromatic carbocycles. The summed E-state index contributed by atoms with van der Waals surface area (Å²) in [5.41, 5.74) is 0. The lowest BCUT2D eigenvalue weighted by atomic mass is 10.2. The quantitative estimate of drug-likeness (QED) is 0.607. The summed E-state index contributed by atoms with van der Waals surface area (Å²) in [6.07, 6.45) is 5.35. The molecule has 1 saturated heterocycles. The summed E-state index contributed by atoms with van der Waals surface area (Å²) in [4.78, 5) is 0. The van der Waals surface area contributed by atoms with E-state index in [2.05, 4.69) is 55.6 Å². The van der Waals surface area contributed by atoms with Crippen LogP contribution in [0.4, 0.5) is 0 Å². The van der Waals surface area contributed by atoms with Crippen LogP contribution in [0.25, 0.3) is 0 Å². The number of allylic oxidation sites excluding steroid dienone is 1. The lowest BCUT2D eigenvalue weighted by Crippen LogP contribution is -2.40. The van der Waals surface area contributed by atoms with Crippen LogP contribution in [0.15, 0.2) is 42.5 Å². The van der Waals surface area contributed by atoms with Gasteiger partial charge in [0.15, 0.2) is 5.79 Å². The minimum atomic E-state index is -1.35. The van der Waals surface area contributed by atoms with Gasteiger partial charge in [-0.05, 0) is 13.0 Å². The monoisotopic (exact) mass is 276 g/mol. The molecule has 2 rings (SSSR count). The van der Waals surface area contributed by atoms with E-state index in [1.807, 2.05) is 6.92 Å². The van der Waals surface area contributed by atoms with Crippen LogP contribution in [-0.4, -0.2) is 27.1 Å². The molecular formula is C16H24O2Si. The third kappa shape index (κ3) is 4.03. The maximum absolute atomic E-state index is 5.60. The Labute approximate surface area is 117 Å². The van der Waals surface area contributed by atoms with Crippen molar-refractivity contribution in [1.82, 2.24) is 0 Å². The minimum absolute atomic E-state index is 0.394. The zero-order chi connectivity index (χ0) is 13.8. The maximum atomic E-state index is 5.60. The number of ether oxygens (including phenoxy) is 2. The van der Waals surface area contributed by atoms with Crippen LogP contribution in [0.1, 0.15) is 13.3 Å². The molecule has 0 unspecified atom stereocenters. The van der Waals surface area contributed by atoms with Crippen LogP contribution >= 0.6 is 0 Å². The molecule has 1 aromatic rings. The van der Waals surface area contributed by atoms with Crippen LogP contribution in [0.5, 0.6) is 0 Å². The summed E-state index contributed by atoms with van der Waals surface area (Å²) in [5.74, 6) is -0.394. The van der Waals surface area contributed by atoms with Gasteiger partial charge in [0.2, 0.25) is 0 Å². The first-order chi connectivity index (χ1) is 9.02. The summed E-state index contributed by atoms with van der Waals surface area (Å²) in [6, 6.07) is 12.0. The van der Waals surface area contributed by atoms with Crippen molar-refractivity contribution < 1.29 is 9.47 Å². The van der Waals surface area contributed by atoms with Gasteiger partial charge in [-0.3, -0.25) is 0 Å². The highest BCUT2D eigenvalue weighted by molar-refractivity contribution is 6.90. The first-order valence-electron chi connectivity index (χ1n) is 7.00. The normalized spacial score (nSPS) is 19.1. The number of benzene rings is 1. The minimum Gasteiger partial charge on any atom is -0.348 e. The summed E-state index contributed by atoms with van der Waals surface area (Å²) in [6.45, 7) is 8.28. The van der Waals surface area contributed by atoms with E-state index >= 15 is 0 Å². The Bertz CT molecular complexity index is 420. The summed E-state index contributed by atoms with van der Waals surface area (Å²) >= 11 is 0. The Hall–Kier alpha value is -0.903. The second-order valence-corrected chi connectivity index (χ2v) is 10.7. The third-order valence-electron chi connectivity index (χ3n) is 3.74. The number of hydrogen-bond acceptors (Lipinski definition) is 2. The van der Waals surface area contributed by atoms with Crippen molar-refractivity contribution in [1.29, 1.82) is 0 Å². The molecule has 0 saturated carbocycles. The van der Waals surface area contributed by atoms with E-state index in [9.17, 15) is 0 Å². The summed E-state index contributed by atoms with van der Waals surface area (Å²) in [5, 5.41) is 1.51. The molecule has 0 aromatic heterocycles. The highest BCUT2D eigenvalue weighted by Gasteiger charge is 2.29. The maximum Gasteiger partial charge on any atom is 0.169 e. The van der Waals surface area contributed by atoms with Crippen LogP contribution in [0, 0.1) is 0 Å². The largest absolute Gasteiger partial charge is 0.348 e. The Balaban J connectivity index is 1.87. The molecule has 1 aliphatic heterocycles. The van der Waals surface area contributed by atoms with E-state index in [0.717, 1.165) is 12.5 Å². The van der Waals surface area contributed by atoms with E-state index in [4.69, 9.17) is 9.47 Å². The third-order valence-corrected chi connectivity index (χ3v) is 6.89. The van der Waals surface area contributed by atoms with E-state index in [-0.39, 0.29) is 0 Å². The standard InChI is InChI=1S/C16H24O2Si/c1-16(17-12-13-18-16)11-7-8-14-19(2,3)15-9-5-4-6-10-15/h4-10H,11-14H2,1-3H3/b8-7+. The van der Waals surface area contributed by atoms with Gasteiger partial charge in [-0.25, -0.2) is 0 Å². The van der Waals surface area contributed by atoms with E-state index in [1.165, 1.54) is 5.19 Å². The van der Waals surface area contributed by atoms with Gasteiger partial charge in [0.05, 0.1) is 21.3 Å². The van der Waals surface area contributed by atoms with Gasteiger partial charge in [0, 0.05) is 6.42 Å². The molecule has 0 atom stereocenters. The molecular weight excluding hydrogens is 252 g/mol. The first kappa shape index (κ1) is 14.5. The van der Waals surface area contributed by atoms with E-state index in [0.29, 0.717) is 13.2 Å². The predicted octanol–water partition coefficient (Wildman–Crippen LogP) is 3.31. The van der Waals surface area contributed by atoms with Crippen LogP contribution in [-0.2, 0) is 9.47 Å². The molecule has 0 amide bonds. The smallest absolute Gasteiger partial charge is 0.169 e. The van der Waals surface area contributed by atoms with Gasteiger partial charge >= 0.3 is 0 Å². The Morgan fingerprint density at radius 3 is 2.37 bits per heavy atom. The lowest BCUT2D eigenvalue weighted by Gasteiger charge is -2.22. The summed E-state index contributed by atoms with van der Waals surface area (Å²) < 4.78 is 11.2. The first-order valence-corrected chi connectivity index (χ1v) is 10.2. The lowest BCUT2D eigenvalue weighted by molar-refractivity contribution is -0.138. The molecule has 19 heavy (non-hydrogen) atoms. The number of rotatable bonds is 5. The molecule has 0 aliphatic carbocycles. The Kier molecular flexibility index (Phi) is 4.61. The van der Waals surface area contributed by atoms with Crippen molar-refractivity contribution in [2.75, 3.05) is 13.2 Å². The highest BCUT2D eigenvalue weighted by atomic mass is 28.3. The average molecular weight is 276 g/mol. The second kappa shape index (κ2) is 6.03. The Morgan fingerprint density at radius 1 is 1.11 bits per heavy atom. The fraction of sp³-hybridized carbons (Fsp3) is 0.500. The molecule has 0 bridgehead atoms. The molecule has 0 N–H and O–H groups in total. The van der Waals surface area contributed by atoms with Crippen LogP contribution in [0.2, 0.25) is 19.1 Å². The molecule has 1 fully saturated rings. The van der Waals surface area contributed by atoms with Gasteiger partial charge in [-0.1, -0.05) is 60.8 Å². The Morgan fingerprint density at radius 2 is 1.74 bits per heavy atom. The van der Waals surface area contributed by atoms with Gasteiger partial charge in [-0.15, -0.1) is 0 Å². The summed E-state index contributed by atoms with van der Waals surface area (Å²) in [7, 11) is -1.35. The van der Waals surface area contributed by atoms with E-state index in [1.54, 1.807) is 0 Å². The molecule has 1 heterocycles. The molecule has 1 aliphatic rings. The molecule has 0 spiro atoms. The van der Waals surface area contributed by atoms with Crippen molar-refractivity contribution in [2.24, 2.45) is 0 Å². The van der Waals surface area contributed by atoms with Gasteiger partial charge < -0.3 is 9.47 Å². The average Bonchev–Trinajstić information content (AvgIpc) is 2.83. The second-order valence-electron chi connectivity index (χ2n) is 5.96. The van der Waals surface area contributed by atoms with Gasteiger partial charge in [0.1, 0.15) is 0 Å². The highest BCUT2D eigenvalue weighted by Crippen LogP contribution is 2.23. The predicted molar refractivity (Wildman–Crippen MR) is 82.4 cm³/mol. The van der Waals surface area contributed by atoms with Crippen molar-refractivity contribution in [2.45, 2.75) is 38.3 Å². The zero-order valence-corrected chi connectivity index (χ0v) is 13.2. The van der Waals surface area contributed by atoms with Crippen molar-refractivity contribution >= 4 is 13.3 Å². The van der Waals surface area contributed by atoms with Crippen molar-refractivity contribution in [3.05, 3.63) is 42.5 Å². The number of hydrogen-bond donors (Lipinski definition) is 0. The SMILES string of the molecule is CC1(C/C=C/C[Si](C)(C)c2ccccc2)OCCO1. The van der Waals surface area contributed by atoms with E-state index < -0.39 is 13.9 Å². The van der Waals surface area contributed by atoms with Gasteiger partial charge in [-0.2, -0.15) is 0 Å². The van der Waals surface area contributed by atoms with Crippen molar-refractivity contribution in [3.63, 3.8) is 0 Å². The molecule has 0 radical (unpaired) electrons. The fourth-order valence-corrected chi connectivity index (χ4v) is 4.44. The van der Waals surface area contributed by atoms with Gasteiger partial charge in [0.25, 0.3) is 0 Å². The topological polar surface area (TPSA) is 18.5 Å². The van der Waals surface area contributed by atoms with Crippen molar-refractivity contribution in [3.8, 4) is 0 Å². The van der Waals surface area contributed by atoms with Crippen LogP contribution in [0.3, 0.4) is 0 Å². The van der Waals surface area contributed by atoms with Crippen LogP contribution < -0.4 is 5.19 Å². The molecule has 2 nitrogen and oxygen atoms in total. The molecule has 3 heteroatoms. The fourth-order valence-electron chi connectivity index (χ4n) is 2.36. The zero-order valence-electron chi connectivity index (χ0n) is 12.2. The molecule has 104 valence electrons.